The summed E-state index contributed by atoms with van der Waals surface area (Å²) < 4.78 is 19.2. The summed E-state index contributed by atoms with van der Waals surface area (Å²) in [4.78, 5) is 32.5. The lowest BCUT2D eigenvalue weighted by Gasteiger charge is -2.23. The Balaban J connectivity index is 1.91. The lowest BCUT2D eigenvalue weighted by Crippen LogP contribution is -2.39. The Morgan fingerprint density at radius 1 is 1.26 bits per heavy atom. The smallest absolute Gasteiger partial charge is 0.338 e. The molecule has 0 spiro atoms. The Morgan fingerprint density at radius 2 is 2.06 bits per heavy atom. The summed E-state index contributed by atoms with van der Waals surface area (Å²) in [7, 11) is 1.57. The maximum absolute atomic E-state index is 13.6. The maximum atomic E-state index is 13.6. The van der Waals surface area contributed by atoms with Gasteiger partial charge in [0.2, 0.25) is 0 Å². The van der Waals surface area contributed by atoms with Gasteiger partial charge < -0.3 is 14.2 Å². The van der Waals surface area contributed by atoms with Crippen molar-refractivity contribution in [2.24, 2.45) is 4.99 Å². The van der Waals surface area contributed by atoms with Gasteiger partial charge in [-0.3, -0.25) is 9.36 Å². The summed E-state index contributed by atoms with van der Waals surface area (Å²) in [5, 5.41) is 1.92. The molecule has 178 valence electrons. The second-order valence-electron chi connectivity index (χ2n) is 7.28. The molecule has 3 heterocycles. The Kier molecular flexibility index (Phi) is 7.39. The topological polar surface area (TPSA) is 79.1 Å². The summed E-state index contributed by atoms with van der Waals surface area (Å²) in [5.41, 5.74) is 1.47. The molecule has 0 saturated carbocycles. The summed E-state index contributed by atoms with van der Waals surface area (Å²) in [6.07, 6.45) is 1.79. The number of ether oxygens (including phenoxy) is 3. The number of allylic oxidation sites excluding steroid dienone is 1. The van der Waals surface area contributed by atoms with Gasteiger partial charge in [0.05, 0.1) is 36.1 Å². The number of methoxy groups -OCH3 is 1. The van der Waals surface area contributed by atoms with Crippen LogP contribution in [-0.2, 0) is 9.53 Å². The van der Waals surface area contributed by atoms with Crippen LogP contribution in [0, 0.1) is 0 Å². The van der Waals surface area contributed by atoms with Gasteiger partial charge in [-0.05, 0) is 56.0 Å². The molecule has 1 atom stereocenters. The van der Waals surface area contributed by atoms with E-state index in [9.17, 15) is 9.59 Å². The number of rotatable bonds is 7. The van der Waals surface area contributed by atoms with Gasteiger partial charge >= 0.3 is 5.97 Å². The number of carbonyl (C=O) groups excluding carboxylic acids is 1. The fourth-order valence-corrected chi connectivity index (χ4v) is 6.04. The number of halogens is 1. The minimum Gasteiger partial charge on any atom is -0.493 e. The van der Waals surface area contributed by atoms with Crippen molar-refractivity contribution < 1.29 is 19.0 Å². The molecule has 34 heavy (non-hydrogen) atoms. The third-order valence-corrected chi connectivity index (χ3v) is 7.79. The Morgan fingerprint density at radius 3 is 2.71 bits per heavy atom. The first-order valence-electron chi connectivity index (χ1n) is 10.6. The molecule has 1 aromatic carbocycles. The highest BCUT2D eigenvalue weighted by molar-refractivity contribution is 9.10. The van der Waals surface area contributed by atoms with Crippen LogP contribution in [0.2, 0.25) is 0 Å². The second kappa shape index (κ2) is 10.3. The number of esters is 1. The molecule has 1 aliphatic heterocycles. The highest BCUT2D eigenvalue weighted by Gasteiger charge is 2.33. The fraction of sp³-hybridized carbons (Fsp3) is 0.292. The molecule has 4 rings (SSSR count). The van der Waals surface area contributed by atoms with E-state index >= 15 is 0 Å². The number of hydrogen-bond donors (Lipinski definition) is 0. The van der Waals surface area contributed by atoms with Crippen LogP contribution in [0.4, 0.5) is 0 Å². The molecule has 10 heteroatoms. The number of thiophene rings is 1. The number of nitrogens with zero attached hydrogens (tertiary/aromatic N) is 2. The predicted molar refractivity (Wildman–Crippen MR) is 137 cm³/mol. The summed E-state index contributed by atoms with van der Waals surface area (Å²) >= 11 is 6.33. The van der Waals surface area contributed by atoms with Gasteiger partial charge in [-0.1, -0.05) is 33.3 Å². The molecular formula is C24H23BrN2O5S2. The third kappa shape index (κ3) is 4.49. The quantitative estimate of drug-likeness (QED) is 0.406. The summed E-state index contributed by atoms with van der Waals surface area (Å²) in [5.74, 6) is 0.722. The minimum atomic E-state index is -0.587. The maximum Gasteiger partial charge on any atom is 0.338 e. The van der Waals surface area contributed by atoms with E-state index in [1.807, 2.05) is 36.6 Å². The number of carbonyl (C=O) groups is 1. The van der Waals surface area contributed by atoms with Crippen LogP contribution in [0.1, 0.15) is 37.3 Å². The van der Waals surface area contributed by atoms with E-state index in [4.69, 9.17) is 14.2 Å². The molecule has 0 N–H and O–H groups in total. The van der Waals surface area contributed by atoms with Crippen molar-refractivity contribution in [1.82, 2.24) is 4.57 Å². The molecular weight excluding hydrogens is 540 g/mol. The molecule has 0 unspecified atom stereocenters. The van der Waals surface area contributed by atoms with Crippen molar-refractivity contribution in [2.45, 2.75) is 26.8 Å². The average molecular weight is 563 g/mol. The molecule has 3 aromatic rings. The number of aromatic nitrogens is 1. The fourth-order valence-electron chi connectivity index (χ4n) is 3.74. The molecule has 2 aromatic heterocycles. The van der Waals surface area contributed by atoms with Crippen molar-refractivity contribution >= 4 is 50.6 Å². The monoisotopic (exact) mass is 562 g/mol. The average Bonchev–Trinajstić information content (AvgIpc) is 3.43. The number of fused-ring (bicyclic) bond motifs is 1. The Labute approximate surface area is 212 Å². The van der Waals surface area contributed by atoms with Crippen molar-refractivity contribution in [3.05, 3.63) is 75.5 Å². The van der Waals surface area contributed by atoms with Gasteiger partial charge in [0.25, 0.3) is 5.56 Å². The minimum absolute atomic E-state index is 0.226. The lowest BCUT2D eigenvalue weighted by atomic mass is 10.0. The van der Waals surface area contributed by atoms with E-state index in [2.05, 4.69) is 20.9 Å². The van der Waals surface area contributed by atoms with E-state index in [-0.39, 0.29) is 12.2 Å². The highest BCUT2D eigenvalue weighted by Crippen LogP contribution is 2.35. The van der Waals surface area contributed by atoms with Gasteiger partial charge in [0.15, 0.2) is 16.3 Å². The van der Waals surface area contributed by atoms with Gasteiger partial charge in [-0.25, -0.2) is 9.79 Å². The predicted octanol–water partition coefficient (Wildman–Crippen LogP) is 4.03. The molecule has 0 radical (unpaired) electrons. The van der Waals surface area contributed by atoms with E-state index in [0.29, 0.717) is 38.7 Å². The van der Waals surface area contributed by atoms with E-state index < -0.39 is 12.0 Å². The van der Waals surface area contributed by atoms with Crippen molar-refractivity contribution in [3.8, 4) is 11.5 Å². The van der Waals surface area contributed by atoms with E-state index in [1.54, 1.807) is 31.6 Å². The molecule has 0 aliphatic carbocycles. The summed E-state index contributed by atoms with van der Waals surface area (Å²) in [6, 6.07) is 6.87. The first-order valence-corrected chi connectivity index (χ1v) is 13.1. The van der Waals surface area contributed by atoms with Gasteiger partial charge in [-0.2, -0.15) is 0 Å². The van der Waals surface area contributed by atoms with E-state index in [0.717, 1.165) is 14.9 Å². The summed E-state index contributed by atoms with van der Waals surface area (Å²) in [6.45, 7) is 6.18. The SMILES string of the molecule is CCOC(=O)C1=C(C)N=c2s/c(=C/c3cc(OC)c(OCC)cc3Br)c(=O)n2[C@H]1c1cccs1. The second-order valence-corrected chi connectivity index (χ2v) is 10.1. The van der Waals surface area contributed by atoms with Gasteiger partial charge in [0, 0.05) is 9.35 Å². The van der Waals surface area contributed by atoms with Crippen LogP contribution in [0.5, 0.6) is 11.5 Å². The normalized spacial score (nSPS) is 15.7. The molecule has 0 saturated heterocycles. The molecule has 0 bridgehead atoms. The first-order chi connectivity index (χ1) is 16.4. The molecule has 0 fully saturated rings. The Bertz CT molecular complexity index is 1440. The van der Waals surface area contributed by atoms with Crippen LogP contribution in [0.15, 0.2) is 55.2 Å². The zero-order chi connectivity index (χ0) is 24.4. The van der Waals surface area contributed by atoms with Crippen LogP contribution < -0.4 is 24.4 Å². The molecule has 0 amide bonds. The molecule has 7 nitrogen and oxygen atoms in total. The first kappa shape index (κ1) is 24.4. The number of benzene rings is 1. The zero-order valence-corrected chi connectivity index (χ0v) is 22.3. The largest absolute Gasteiger partial charge is 0.493 e. The van der Waals surface area contributed by atoms with Crippen molar-refractivity contribution in [2.75, 3.05) is 20.3 Å². The zero-order valence-electron chi connectivity index (χ0n) is 19.1. The van der Waals surface area contributed by atoms with Crippen LogP contribution in [0.3, 0.4) is 0 Å². The van der Waals surface area contributed by atoms with Crippen LogP contribution >= 0.6 is 38.6 Å². The Hall–Kier alpha value is -2.69. The highest BCUT2D eigenvalue weighted by atomic mass is 79.9. The van der Waals surface area contributed by atoms with Crippen molar-refractivity contribution in [1.29, 1.82) is 0 Å². The third-order valence-electron chi connectivity index (χ3n) is 5.20. The van der Waals surface area contributed by atoms with E-state index in [1.165, 1.54) is 22.7 Å². The van der Waals surface area contributed by atoms with Crippen LogP contribution in [0.25, 0.3) is 6.08 Å². The molecule has 1 aliphatic rings. The van der Waals surface area contributed by atoms with Gasteiger partial charge in [0.1, 0.15) is 6.04 Å². The van der Waals surface area contributed by atoms with Crippen LogP contribution in [-0.4, -0.2) is 30.9 Å². The lowest BCUT2D eigenvalue weighted by molar-refractivity contribution is -0.139. The number of hydrogen-bond acceptors (Lipinski definition) is 8. The van der Waals surface area contributed by atoms with Gasteiger partial charge in [-0.15, -0.1) is 11.3 Å². The van der Waals surface area contributed by atoms with Crippen molar-refractivity contribution in [3.63, 3.8) is 0 Å². The standard InChI is InChI=1S/C24H23BrN2O5S2/c1-5-31-17-12-15(25)14(10-16(17)30-4)11-19-22(28)27-21(18-8-7-9-33-18)20(23(29)32-6-2)13(3)26-24(27)34-19/h7-12,21H,5-6H2,1-4H3/b19-11+/t21-/m0/s1. The number of thiazole rings is 1.